The largest absolute Gasteiger partial charge is 0.481 e. The van der Waals surface area contributed by atoms with Crippen LogP contribution < -0.4 is 0 Å². The molecular weight excluding hydrogens is 512 g/mol. The van der Waals surface area contributed by atoms with E-state index < -0.39 is 54.2 Å². The Morgan fingerprint density at radius 1 is 0.763 bits per heavy atom. The summed E-state index contributed by atoms with van der Waals surface area (Å²) in [5.41, 5.74) is -0.623. The van der Waals surface area contributed by atoms with Crippen LogP contribution in [0.4, 0.5) is 0 Å². The zero-order chi connectivity index (χ0) is 24.9. The number of aliphatic hydroxyl groups excluding tert-OH is 3. The van der Waals surface area contributed by atoms with E-state index in [0.717, 1.165) is 34.5 Å². The molecule has 0 bridgehead atoms. The Morgan fingerprint density at radius 3 is 1.34 bits per heavy atom. The SMILES string of the molecule is C.C.C.C.C.C.C.C.CO.CO.CO.COC(=O)/C=C(/CC(=O)O)C(=O)O.O=C(O)CC1=CC(=O)OC1=O. The summed E-state index contributed by atoms with van der Waals surface area (Å²) >= 11 is 0. The Labute approximate surface area is 229 Å². The minimum Gasteiger partial charge on any atom is -0.481 e. The van der Waals surface area contributed by atoms with Gasteiger partial charge in [-0.15, -0.1) is 0 Å². The van der Waals surface area contributed by atoms with Crippen molar-refractivity contribution >= 4 is 35.8 Å². The summed E-state index contributed by atoms with van der Waals surface area (Å²) < 4.78 is 8.18. The number of carboxylic acid groups (broad SMARTS) is 3. The maximum atomic E-state index is 10.6. The number of methoxy groups -OCH3 is 1. The third-order valence-corrected chi connectivity index (χ3v) is 2.20. The van der Waals surface area contributed by atoms with Gasteiger partial charge in [0.1, 0.15) is 0 Å². The van der Waals surface area contributed by atoms with Crippen molar-refractivity contribution in [3.63, 3.8) is 0 Å². The van der Waals surface area contributed by atoms with Crippen molar-refractivity contribution < 1.29 is 68.9 Å². The maximum Gasteiger partial charge on any atom is 0.342 e. The second kappa shape index (κ2) is 50.3. The molecule has 0 fully saturated rings. The molecule has 0 radical (unpaired) electrons. The van der Waals surface area contributed by atoms with Crippen molar-refractivity contribution in [2.24, 2.45) is 0 Å². The number of carboxylic acids is 3. The van der Waals surface area contributed by atoms with Gasteiger partial charge >= 0.3 is 35.8 Å². The second-order valence-electron chi connectivity index (χ2n) is 4.02. The highest BCUT2D eigenvalue weighted by Gasteiger charge is 2.24. The fourth-order valence-corrected chi connectivity index (χ4v) is 1.23. The van der Waals surface area contributed by atoms with Crippen LogP contribution in [-0.2, 0) is 38.2 Å². The molecule has 38 heavy (non-hydrogen) atoms. The predicted molar refractivity (Wildman–Crippen MR) is 150 cm³/mol. The van der Waals surface area contributed by atoms with Gasteiger partial charge in [-0.05, 0) is 0 Å². The highest BCUT2D eigenvalue weighted by atomic mass is 16.6. The number of esters is 3. The molecule has 0 aromatic heterocycles. The number of cyclic esters (lactones) is 2. The molecule has 6 N–H and O–H groups in total. The molecule has 0 saturated heterocycles. The predicted octanol–water partition coefficient (Wildman–Crippen LogP) is 3.03. The maximum absolute atomic E-state index is 10.6. The van der Waals surface area contributed by atoms with E-state index in [1.54, 1.807) is 0 Å². The van der Waals surface area contributed by atoms with Crippen LogP contribution in [0.15, 0.2) is 23.3 Å². The standard InChI is InChI=1S/C7H8O6.C6H4O5.3CH4O.8CH4/c1-13-6(10)3-4(7(11)12)2-5(8)9;7-4(8)1-3-2-5(9)11-6(3)10;3*1-2;;;;;;;;/h3H,2H2,1H3,(H,8,9)(H,11,12);2H,1H2,(H,7,8);3*2H,1H3;8*1H4/b4-3-;;;;;;;;;;;;. The second-order valence-corrected chi connectivity index (χ2v) is 4.02. The van der Waals surface area contributed by atoms with Crippen molar-refractivity contribution in [3.8, 4) is 0 Å². The minimum absolute atomic E-state index is 0. The lowest BCUT2D eigenvalue weighted by Gasteiger charge is -1.96. The lowest BCUT2D eigenvalue weighted by molar-refractivity contribution is -0.151. The van der Waals surface area contributed by atoms with E-state index in [9.17, 15) is 28.8 Å². The van der Waals surface area contributed by atoms with E-state index in [1.165, 1.54) is 0 Å². The van der Waals surface area contributed by atoms with Crippen molar-refractivity contribution in [1.82, 2.24) is 0 Å². The summed E-state index contributed by atoms with van der Waals surface area (Å²) in [5.74, 6) is -6.49. The third kappa shape index (κ3) is 45.8. The van der Waals surface area contributed by atoms with Crippen molar-refractivity contribution in [3.05, 3.63) is 23.3 Å². The van der Waals surface area contributed by atoms with Gasteiger partial charge in [0.25, 0.3) is 0 Å². The molecule has 1 aliphatic rings. The quantitative estimate of drug-likeness (QED) is 0.153. The van der Waals surface area contributed by atoms with Gasteiger partial charge in [0.05, 0.1) is 31.1 Å². The fourth-order valence-electron chi connectivity index (χ4n) is 1.23. The lowest BCUT2D eigenvalue weighted by Crippen LogP contribution is -2.09. The lowest BCUT2D eigenvalue weighted by atomic mass is 10.2. The molecule has 0 saturated carbocycles. The van der Waals surface area contributed by atoms with Crippen LogP contribution in [0.1, 0.15) is 72.3 Å². The molecule has 236 valence electrons. The Morgan fingerprint density at radius 2 is 1.13 bits per heavy atom. The number of rotatable bonds is 6. The van der Waals surface area contributed by atoms with Crippen LogP contribution in [0.2, 0.25) is 0 Å². The number of carbonyl (C=O) groups excluding carboxylic acids is 3. The smallest absolute Gasteiger partial charge is 0.342 e. The zero-order valence-electron chi connectivity index (χ0n) is 16.5. The summed E-state index contributed by atoms with van der Waals surface area (Å²) in [6.45, 7) is 0. The van der Waals surface area contributed by atoms with E-state index in [0.29, 0.717) is 6.08 Å². The summed E-state index contributed by atoms with van der Waals surface area (Å²) in [6, 6.07) is 0. The molecule has 0 aromatic carbocycles. The number of aliphatic hydroxyl groups is 3. The van der Waals surface area contributed by atoms with Crippen LogP contribution in [0, 0.1) is 0 Å². The number of ether oxygens (including phenoxy) is 2. The van der Waals surface area contributed by atoms with Gasteiger partial charge in [-0.1, -0.05) is 59.4 Å². The first-order valence-corrected chi connectivity index (χ1v) is 7.33. The van der Waals surface area contributed by atoms with Crippen molar-refractivity contribution in [1.29, 1.82) is 0 Å². The normalized spacial score (nSPS) is 8.82. The molecule has 0 aromatic rings. The third-order valence-electron chi connectivity index (χ3n) is 2.20. The Bertz CT molecular complexity index is 651. The molecule has 0 aliphatic carbocycles. The number of hydrogen-bond acceptors (Lipinski definition) is 11. The molecule has 1 heterocycles. The van der Waals surface area contributed by atoms with Gasteiger partial charge in [0.15, 0.2) is 0 Å². The van der Waals surface area contributed by atoms with Crippen LogP contribution in [-0.4, -0.2) is 94.9 Å². The van der Waals surface area contributed by atoms with Gasteiger partial charge < -0.3 is 40.1 Å². The van der Waals surface area contributed by atoms with Gasteiger partial charge in [-0.3, -0.25) is 9.59 Å². The van der Waals surface area contributed by atoms with E-state index in [1.807, 2.05) is 0 Å². The Kier molecular flexibility index (Phi) is 101. The minimum atomic E-state index is -1.45. The molecule has 1 rings (SSSR count). The number of hydrogen-bond donors (Lipinski definition) is 6. The molecule has 0 amide bonds. The highest BCUT2D eigenvalue weighted by molar-refractivity contribution is 6.10. The van der Waals surface area contributed by atoms with Crippen LogP contribution in [0.5, 0.6) is 0 Å². The van der Waals surface area contributed by atoms with E-state index in [2.05, 4.69) is 9.47 Å². The number of carbonyl (C=O) groups is 6. The van der Waals surface area contributed by atoms with E-state index >= 15 is 0 Å². The van der Waals surface area contributed by atoms with Gasteiger partial charge in [-0.2, -0.15) is 0 Å². The molecule has 14 heteroatoms. The molecular formula is C24H56O14. The van der Waals surface area contributed by atoms with Crippen LogP contribution in [0.3, 0.4) is 0 Å². The Hall–Kier alpha value is -3.62. The van der Waals surface area contributed by atoms with E-state index in [4.69, 9.17) is 30.6 Å². The molecule has 0 unspecified atom stereocenters. The summed E-state index contributed by atoms with van der Waals surface area (Å²) in [4.78, 5) is 62.0. The molecule has 14 nitrogen and oxygen atoms in total. The Balaban J connectivity index is -0.0000000252. The number of aliphatic carboxylic acids is 3. The molecule has 0 spiro atoms. The molecule has 1 aliphatic heterocycles. The summed E-state index contributed by atoms with van der Waals surface area (Å²) in [6.07, 6.45) is 0.335. The van der Waals surface area contributed by atoms with Gasteiger partial charge in [-0.25, -0.2) is 19.2 Å². The van der Waals surface area contributed by atoms with Gasteiger partial charge in [0.2, 0.25) is 0 Å². The first-order chi connectivity index (χ1) is 14.1. The van der Waals surface area contributed by atoms with Crippen molar-refractivity contribution in [2.45, 2.75) is 72.3 Å². The van der Waals surface area contributed by atoms with Crippen LogP contribution >= 0.6 is 0 Å². The first kappa shape index (κ1) is 76.5. The topological polar surface area (TPSA) is 242 Å². The fraction of sp³-hybridized carbons (Fsp3) is 0.583. The highest BCUT2D eigenvalue weighted by Crippen LogP contribution is 2.11. The molecule has 0 atom stereocenters. The van der Waals surface area contributed by atoms with E-state index in [-0.39, 0.29) is 65.0 Å². The van der Waals surface area contributed by atoms with Crippen LogP contribution in [0.25, 0.3) is 0 Å². The zero-order valence-corrected chi connectivity index (χ0v) is 16.5. The van der Waals surface area contributed by atoms with Gasteiger partial charge in [0, 0.05) is 33.5 Å². The average Bonchev–Trinajstić information content (AvgIpc) is 3.02. The average molecular weight is 569 g/mol. The monoisotopic (exact) mass is 568 g/mol. The summed E-state index contributed by atoms with van der Waals surface area (Å²) in [7, 11) is 4.07. The summed E-state index contributed by atoms with van der Waals surface area (Å²) in [5, 5.41) is 45.9. The van der Waals surface area contributed by atoms with Crippen molar-refractivity contribution in [2.75, 3.05) is 28.4 Å². The first-order valence-electron chi connectivity index (χ1n) is 7.33.